The van der Waals surface area contributed by atoms with Crippen molar-refractivity contribution >= 4 is 5.69 Å². The largest absolute Gasteiger partial charge is 0.412 e. The number of hydrogen-bond acceptors (Lipinski definition) is 1. The second-order valence-corrected chi connectivity index (χ2v) is 3.33. The van der Waals surface area contributed by atoms with Crippen molar-refractivity contribution in [3.8, 4) is 0 Å². The maximum absolute atomic E-state index is 5.93. The molecule has 0 radical (unpaired) electrons. The molecular formula is C12H21NO. The van der Waals surface area contributed by atoms with Crippen molar-refractivity contribution in [3.05, 3.63) is 28.8 Å². The van der Waals surface area contributed by atoms with E-state index in [1.807, 2.05) is 6.07 Å². The van der Waals surface area contributed by atoms with Crippen LogP contribution < -0.4 is 5.73 Å². The van der Waals surface area contributed by atoms with Gasteiger partial charge < -0.3 is 11.2 Å². The molecule has 80 valence electrons. The standard InChI is InChI=1S/C12H19N.H2O/c1-4-9-7-8-12(13)11(6-3)10(9)5-2;/h7-8H,4-6,13H2,1-3H3;1H2. The first kappa shape index (κ1) is 13.0. The normalized spacial score (nSPS) is 9.64. The van der Waals surface area contributed by atoms with Gasteiger partial charge in [-0.1, -0.05) is 26.8 Å². The zero-order chi connectivity index (χ0) is 9.84. The number of aryl methyl sites for hydroxylation is 1. The van der Waals surface area contributed by atoms with Crippen LogP contribution in [0, 0.1) is 0 Å². The van der Waals surface area contributed by atoms with Crippen LogP contribution in [0.1, 0.15) is 37.5 Å². The minimum absolute atomic E-state index is 0. The molecule has 2 nitrogen and oxygen atoms in total. The van der Waals surface area contributed by atoms with Gasteiger partial charge in [0.25, 0.3) is 0 Å². The molecule has 1 aromatic carbocycles. The lowest BCUT2D eigenvalue weighted by Crippen LogP contribution is -2.02. The number of anilines is 1. The van der Waals surface area contributed by atoms with Crippen molar-refractivity contribution in [2.45, 2.75) is 40.0 Å². The Morgan fingerprint density at radius 2 is 1.50 bits per heavy atom. The van der Waals surface area contributed by atoms with E-state index >= 15 is 0 Å². The third kappa shape index (κ3) is 2.26. The third-order valence-corrected chi connectivity index (χ3v) is 2.65. The Bertz CT molecular complexity index is 295. The monoisotopic (exact) mass is 195 g/mol. The predicted molar refractivity (Wildman–Crippen MR) is 62.6 cm³/mol. The van der Waals surface area contributed by atoms with E-state index in [1.165, 1.54) is 16.7 Å². The minimum atomic E-state index is 0. The highest BCUT2D eigenvalue weighted by molar-refractivity contribution is 5.54. The average Bonchev–Trinajstić information content (AvgIpc) is 2.17. The topological polar surface area (TPSA) is 57.5 Å². The molecule has 0 aromatic heterocycles. The molecule has 0 bridgehead atoms. The van der Waals surface area contributed by atoms with Crippen LogP contribution in [0.25, 0.3) is 0 Å². The molecule has 0 atom stereocenters. The molecule has 0 unspecified atom stereocenters. The summed E-state index contributed by atoms with van der Waals surface area (Å²) >= 11 is 0. The minimum Gasteiger partial charge on any atom is -0.412 e. The Morgan fingerprint density at radius 1 is 0.929 bits per heavy atom. The molecule has 0 aliphatic carbocycles. The highest BCUT2D eigenvalue weighted by Gasteiger charge is 2.06. The first-order chi connectivity index (χ1) is 6.24. The molecule has 2 heteroatoms. The average molecular weight is 195 g/mol. The highest BCUT2D eigenvalue weighted by Crippen LogP contribution is 2.22. The highest BCUT2D eigenvalue weighted by atomic mass is 16.0. The maximum atomic E-state index is 5.93. The number of nitrogens with two attached hydrogens (primary N) is 1. The Hall–Kier alpha value is -1.02. The van der Waals surface area contributed by atoms with Crippen molar-refractivity contribution in [3.63, 3.8) is 0 Å². The summed E-state index contributed by atoms with van der Waals surface area (Å²) in [5.41, 5.74) is 11.2. The van der Waals surface area contributed by atoms with E-state index in [9.17, 15) is 0 Å². The first-order valence-electron chi connectivity index (χ1n) is 5.13. The van der Waals surface area contributed by atoms with E-state index in [1.54, 1.807) is 0 Å². The zero-order valence-corrected chi connectivity index (χ0v) is 9.35. The summed E-state index contributed by atoms with van der Waals surface area (Å²) < 4.78 is 0. The van der Waals surface area contributed by atoms with E-state index in [2.05, 4.69) is 26.8 Å². The third-order valence-electron chi connectivity index (χ3n) is 2.65. The summed E-state index contributed by atoms with van der Waals surface area (Å²) in [6, 6.07) is 4.20. The van der Waals surface area contributed by atoms with E-state index in [0.29, 0.717) is 0 Å². The Labute approximate surface area is 86.4 Å². The van der Waals surface area contributed by atoms with E-state index in [4.69, 9.17) is 5.73 Å². The molecule has 0 aliphatic rings. The van der Waals surface area contributed by atoms with Crippen LogP contribution in [0.4, 0.5) is 5.69 Å². The number of benzene rings is 1. The molecule has 1 rings (SSSR count). The van der Waals surface area contributed by atoms with Gasteiger partial charge in [-0.05, 0) is 42.0 Å². The molecule has 4 N–H and O–H groups in total. The molecule has 0 aliphatic heterocycles. The number of rotatable bonds is 3. The fourth-order valence-electron chi connectivity index (χ4n) is 1.95. The van der Waals surface area contributed by atoms with E-state index < -0.39 is 0 Å². The van der Waals surface area contributed by atoms with Crippen molar-refractivity contribution in [2.24, 2.45) is 0 Å². The maximum Gasteiger partial charge on any atom is 0.0349 e. The lowest BCUT2D eigenvalue weighted by molar-refractivity contribution is 0.824. The fraction of sp³-hybridized carbons (Fsp3) is 0.500. The van der Waals surface area contributed by atoms with E-state index in [-0.39, 0.29) is 5.48 Å². The summed E-state index contributed by atoms with van der Waals surface area (Å²) in [6.07, 6.45) is 3.25. The van der Waals surface area contributed by atoms with Crippen molar-refractivity contribution in [1.82, 2.24) is 0 Å². The number of nitrogen functional groups attached to an aromatic ring is 1. The van der Waals surface area contributed by atoms with Gasteiger partial charge in [0.1, 0.15) is 0 Å². The first-order valence-corrected chi connectivity index (χ1v) is 5.13. The predicted octanol–water partition coefficient (Wildman–Crippen LogP) is 2.13. The fourth-order valence-corrected chi connectivity index (χ4v) is 1.95. The van der Waals surface area contributed by atoms with Gasteiger partial charge >= 0.3 is 0 Å². The summed E-state index contributed by atoms with van der Waals surface area (Å²) in [6.45, 7) is 6.57. The molecule has 0 spiro atoms. The van der Waals surface area contributed by atoms with Gasteiger partial charge in [-0.25, -0.2) is 0 Å². The second-order valence-electron chi connectivity index (χ2n) is 3.33. The second kappa shape index (κ2) is 5.66. The summed E-state index contributed by atoms with van der Waals surface area (Å²) in [5.74, 6) is 0. The summed E-state index contributed by atoms with van der Waals surface area (Å²) in [7, 11) is 0. The molecule has 0 fully saturated rings. The lowest BCUT2D eigenvalue weighted by Gasteiger charge is -2.13. The van der Waals surface area contributed by atoms with Crippen molar-refractivity contribution in [2.75, 3.05) is 5.73 Å². The van der Waals surface area contributed by atoms with Gasteiger partial charge in [-0.3, -0.25) is 0 Å². The molecule has 1 aromatic rings. The molecule has 0 saturated carbocycles. The zero-order valence-electron chi connectivity index (χ0n) is 9.35. The van der Waals surface area contributed by atoms with E-state index in [0.717, 1.165) is 24.9 Å². The SMILES string of the molecule is CCc1ccc(N)c(CC)c1CC.O. The molecule has 14 heavy (non-hydrogen) atoms. The van der Waals surface area contributed by atoms with Gasteiger partial charge in [0.05, 0.1) is 0 Å². The Balaban J connectivity index is 0.00000169. The Morgan fingerprint density at radius 3 is 1.93 bits per heavy atom. The lowest BCUT2D eigenvalue weighted by atomic mass is 9.94. The quantitative estimate of drug-likeness (QED) is 0.738. The van der Waals surface area contributed by atoms with Crippen LogP contribution >= 0.6 is 0 Å². The van der Waals surface area contributed by atoms with Crippen LogP contribution in [0.2, 0.25) is 0 Å². The van der Waals surface area contributed by atoms with Crippen molar-refractivity contribution < 1.29 is 5.48 Å². The number of hydrogen-bond donors (Lipinski definition) is 1. The molecule has 0 heterocycles. The van der Waals surface area contributed by atoms with Gasteiger partial charge in [0, 0.05) is 5.69 Å². The van der Waals surface area contributed by atoms with Crippen LogP contribution in [0.15, 0.2) is 12.1 Å². The summed E-state index contributed by atoms with van der Waals surface area (Å²) in [5, 5.41) is 0. The summed E-state index contributed by atoms with van der Waals surface area (Å²) in [4.78, 5) is 0. The van der Waals surface area contributed by atoms with Gasteiger partial charge in [0.15, 0.2) is 0 Å². The van der Waals surface area contributed by atoms with Crippen LogP contribution in [0.3, 0.4) is 0 Å². The molecule has 0 saturated heterocycles. The van der Waals surface area contributed by atoms with Crippen LogP contribution in [-0.2, 0) is 19.3 Å². The van der Waals surface area contributed by atoms with Crippen LogP contribution in [0.5, 0.6) is 0 Å². The van der Waals surface area contributed by atoms with Gasteiger partial charge in [0.2, 0.25) is 0 Å². The molecular weight excluding hydrogens is 174 g/mol. The van der Waals surface area contributed by atoms with Crippen molar-refractivity contribution in [1.29, 1.82) is 0 Å². The van der Waals surface area contributed by atoms with Crippen LogP contribution in [-0.4, -0.2) is 5.48 Å². The molecule has 0 amide bonds. The Kier molecular flexibility index (Phi) is 5.24. The van der Waals surface area contributed by atoms with Gasteiger partial charge in [-0.15, -0.1) is 0 Å². The van der Waals surface area contributed by atoms with Gasteiger partial charge in [-0.2, -0.15) is 0 Å². The smallest absolute Gasteiger partial charge is 0.0349 e.